The Hall–Kier alpha value is -0.544. The zero-order valence-electron chi connectivity index (χ0n) is 6.37. The van der Waals surface area contributed by atoms with Gasteiger partial charge >= 0.3 is 5.97 Å². The van der Waals surface area contributed by atoms with Crippen molar-refractivity contribution in [3.05, 3.63) is 35.4 Å². The van der Waals surface area contributed by atoms with Crippen molar-refractivity contribution in [2.45, 2.75) is 6.92 Å². The summed E-state index contributed by atoms with van der Waals surface area (Å²) in [7, 11) is 0. The number of aryl methyl sites for hydroxylation is 1. The lowest BCUT2D eigenvalue weighted by Crippen LogP contribution is -1.94. The Bertz CT molecular complexity index is 241. The van der Waals surface area contributed by atoms with Crippen LogP contribution in [0, 0.1) is 6.92 Å². The molecule has 0 aliphatic carbocycles. The largest absolute Gasteiger partial charge is 0.478 e. The van der Waals surface area contributed by atoms with Crippen molar-refractivity contribution >= 4 is 29.0 Å². The molecule has 0 fully saturated rings. The van der Waals surface area contributed by atoms with Crippen molar-refractivity contribution in [3.8, 4) is 0 Å². The van der Waals surface area contributed by atoms with E-state index in [0.29, 0.717) is 5.56 Å². The fraction of sp³-hybridized carbons (Fsp3) is 0.125. The molecule has 2 radical (unpaired) electrons. The number of rotatable bonds is 1. The Balaban J connectivity index is 0.000001000. The summed E-state index contributed by atoms with van der Waals surface area (Å²) in [5, 5.41) is 8.48. The van der Waals surface area contributed by atoms with Crippen molar-refractivity contribution in [3.63, 3.8) is 0 Å². The van der Waals surface area contributed by atoms with E-state index in [-0.39, 0.29) is 23.1 Å². The summed E-state index contributed by atoms with van der Waals surface area (Å²) < 4.78 is 0. The van der Waals surface area contributed by atoms with Crippen LogP contribution >= 0.6 is 0 Å². The highest BCUT2D eigenvalue weighted by Gasteiger charge is 1.98. The van der Waals surface area contributed by atoms with Crippen LogP contribution in [-0.2, 0) is 0 Å². The molecule has 2 nitrogen and oxygen atoms in total. The predicted molar refractivity (Wildman–Crippen MR) is 43.9 cm³/mol. The molecule has 1 aromatic rings. The van der Waals surface area contributed by atoms with Gasteiger partial charge in [0, 0.05) is 23.1 Å². The molecule has 0 bridgehead atoms. The Morgan fingerprint density at radius 3 is 2.09 bits per heavy atom. The van der Waals surface area contributed by atoms with E-state index < -0.39 is 5.97 Å². The summed E-state index contributed by atoms with van der Waals surface area (Å²) >= 11 is 0. The normalized spacial score (nSPS) is 8.45. The molecule has 3 heteroatoms. The third-order valence-corrected chi connectivity index (χ3v) is 1.30. The maximum atomic E-state index is 10.3. The van der Waals surface area contributed by atoms with Crippen LogP contribution in [-0.4, -0.2) is 34.1 Å². The van der Waals surface area contributed by atoms with Gasteiger partial charge in [-0.15, -0.1) is 0 Å². The van der Waals surface area contributed by atoms with Gasteiger partial charge in [-0.25, -0.2) is 4.79 Å². The van der Waals surface area contributed by atoms with Gasteiger partial charge in [0.1, 0.15) is 0 Å². The zero-order chi connectivity index (χ0) is 7.56. The summed E-state index contributed by atoms with van der Waals surface area (Å²) in [5.74, 6) is -0.875. The molecule has 0 saturated heterocycles. The average molecular weight is 160 g/mol. The third-order valence-electron chi connectivity index (χ3n) is 1.30. The van der Waals surface area contributed by atoms with Crippen molar-refractivity contribution in [2.75, 3.05) is 0 Å². The fourth-order valence-corrected chi connectivity index (χ4v) is 0.696. The highest BCUT2D eigenvalue weighted by molar-refractivity contribution is 5.87. The van der Waals surface area contributed by atoms with Gasteiger partial charge in [-0.3, -0.25) is 0 Å². The van der Waals surface area contributed by atoms with E-state index in [9.17, 15) is 4.79 Å². The molecule has 1 aromatic carbocycles. The number of carbonyl (C=O) groups is 1. The summed E-state index contributed by atoms with van der Waals surface area (Å²) in [5.41, 5.74) is 1.41. The Kier molecular flexibility index (Phi) is 4.14. The minimum Gasteiger partial charge on any atom is -0.478 e. The molecule has 11 heavy (non-hydrogen) atoms. The van der Waals surface area contributed by atoms with Crippen LogP contribution in [0.3, 0.4) is 0 Å². The molecule has 0 unspecified atom stereocenters. The van der Waals surface area contributed by atoms with E-state index in [1.807, 2.05) is 6.92 Å². The van der Waals surface area contributed by atoms with E-state index in [1.165, 1.54) is 0 Å². The second-order valence-electron chi connectivity index (χ2n) is 2.17. The zero-order valence-corrected chi connectivity index (χ0v) is 7.79. The molecule has 0 aromatic heterocycles. The Labute approximate surface area is 81.4 Å². The van der Waals surface area contributed by atoms with Gasteiger partial charge in [0.05, 0.1) is 5.56 Å². The van der Waals surface area contributed by atoms with Gasteiger partial charge in [0.25, 0.3) is 0 Å². The molecule has 0 amide bonds. The topological polar surface area (TPSA) is 37.3 Å². The van der Waals surface area contributed by atoms with Gasteiger partial charge in [-0.2, -0.15) is 0 Å². The highest BCUT2D eigenvalue weighted by Crippen LogP contribution is 2.01. The van der Waals surface area contributed by atoms with Crippen molar-refractivity contribution < 1.29 is 9.90 Å². The molecular weight excluding hydrogens is 152 g/mol. The fourth-order valence-electron chi connectivity index (χ4n) is 0.696. The summed E-state index contributed by atoms with van der Waals surface area (Å²) in [6.07, 6.45) is 0. The van der Waals surface area contributed by atoms with Gasteiger partial charge < -0.3 is 5.11 Å². The first-order valence-electron chi connectivity index (χ1n) is 3.00. The van der Waals surface area contributed by atoms with E-state index >= 15 is 0 Å². The van der Waals surface area contributed by atoms with Crippen LogP contribution in [0.4, 0.5) is 0 Å². The smallest absolute Gasteiger partial charge is 0.335 e. The number of carboxylic acids is 1. The maximum Gasteiger partial charge on any atom is 0.335 e. The van der Waals surface area contributed by atoms with Crippen molar-refractivity contribution in [1.29, 1.82) is 0 Å². The van der Waals surface area contributed by atoms with Crippen molar-refractivity contribution in [2.24, 2.45) is 0 Å². The lowest BCUT2D eigenvalue weighted by atomic mass is 10.2. The SMILES string of the molecule is Cc1ccc(C(=O)O)cc1.[Mg]. The molecule has 54 valence electrons. The second-order valence-corrected chi connectivity index (χ2v) is 2.17. The van der Waals surface area contributed by atoms with Gasteiger partial charge in [-0.1, -0.05) is 17.7 Å². The van der Waals surface area contributed by atoms with Crippen LogP contribution in [0.5, 0.6) is 0 Å². The number of benzene rings is 1. The van der Waals surface area contributed by atoms with E-state index in [0.717, 1.165) is 5.56 Å². The number of hydrogen-bond donors (Lipinski definition) is 1. The number of hydrogen-bond acceptors (Lipinski definition) is 1. The molecule has 1 N–H and O–H groups in total. The van der Waals surface area contributed by atoms with Crippen LogP contribution in [0.2, 0.25) is 0 Å². The Morgan fingerprint density at radius 2 is 1.73 bits per heavy atom. The van der Waals surface area contributed by atoms with Crippen LogP contribution in [0.1, 0.15) is 15.9 Å². The van der Waals surface area contributed by atoms with Crippen molar-refractivity contribution in [1.82, 2.24) is 0 Å². The average Bonchev–Trinajstić information content (AvgIpc) is 1.88. The van der Waals surface area contributed by atoms with Gasteiger partial charge in [0.15, 0.2) is 0 Å². The maximum absolute atomic E-state index is 10.3. The predicted octanol–water partition coefficient (Wildman–Crippen LogP) is 1.31. The monoisotopic (exact) mass is 160 g/mol. The molecular formula is C8H8MgO2. The van der Waals surface area contributed by atoms with Crippen LogP contribution < -0.4 is 0 Å². The van der Waals surface area contributed by atoms with E-state index in [4.69, 9.17) is 5.11 Å². The first-order valence-corrected chi connectivity index (χ1v) is 3.00. The first-order chi connectivity index (χ1) is 4.70. The van der Waals surface area contributed by atoms with Gasteiger partial charge in [0.2, 0.25) is 0 Å². The van der Waals surface area contributed by atoms with Gasteiger partial charge in [-0.05, 0) is 19.1 Å². The molecule has 0 saturated carbocycles. The lowest BCUT2D eigenvalue weighted by Gasteiger charge is -1.92. The molecule has 0 aliphatic heterocycles. The molecule has 0 aliphatic rings. The second kappa shape index (κ2) is 4.36. The number of aromatic carboxylic acids is 1. The Morgan fingerprint density at radius 1 is 1.27 bits per heavy atom. The quantitative estimate of drug-likeness (QED) is 0.629. The molecule has 1 rings (SSSR count). The minimum atomic E-state index is -0.875. The minimum absolute atomic E-state index is 0. The standard InChI is InChI=1S/C8H8O2.Mg/c1-6-2-4-7(5-3-6)8(9)10;/h2-5H,1H3,(H,9,10);. The first kappa shape index (κ1) is 10.5. The molecule has 0 spiro atoms. The third kappa shape index (κ3) is 2.90. The summed E-state index contributed by atoms with van der Waals surface area (Å²) in [6, 6.07) is 6.75. The van der Waals surface area contributed by atoms with Crippen LogP contribution in [0.25, 0.3) is 0 Å². The summed E-state index contributed by atoms with van der Waals surface area (Å²) in [4.78, 5) is 10.3. The highest BCUT2D eigenvalue weighted by atomic mass is 24.3. The molecule has 0 heterocycles. The molecule has 0 atom stereocenters. The number of carboxylic acid groups (broad SMARTS) is 1. The summed E-state index contributed by atoms with van der Waals surface area (Å²) in [6.45, 7) is 1.92. The lowest BCUT2D eigenvalue weighted by molar-refractivity contribution is 0.0697. The van der Waals surface area contributed by atoms with E-state index in [1.54, 1.807) is 24.3 Å². The van der Waals surface area contributed by atoms with E-state index in [2.05, 4.69) is 0 Å². The van der Waals surface area contributed by atoms with Crippen LogP contribution in [0.15, 0.2) is 24.3 Å².